The fourth-order valence-electron chi connectivity index (χ4n) is 3.10. The Balaban J connectivity index is 1.76. The van der Waals surface area contributed by atoms with Crippen molar-refractivity contribution < 1.29 is 9.47 Å². The lowest BCUT2D eigenvalue weighted by atomic mass is 10.1. The van der Waals surface area contributed by atoms with Gasteiger partial charge in [0.15, 0.2) is 11.5 Å². The van der Waals surface area contributed by atoms with Gasteiger partial charge in [0, 0.05) is 16.0 Å². The second-order valence-corrected chi connectivity index (χ2v) is 7.52. The summed E-state index contributed by atoms with van der Waals surface area (Å²) < 4.78 is 12.9. The van der Waals surface area contributed by atoms with Gasteiger partial charge in [-0.2, -0.15) is 0 Å². The zero-order valence-corrected chi connectivity index (χ0v) is 16.9. The molecular weight excluding hydrogens is 396 g/mol. The van der Waals surface area contributed by atoms with Crippen molar-refractivity contribution in [2.45, 2.75) is 6.54 Å². The van der Waals surface area contributed by atoms with Crippen molar-refractivity contribution >= 4 is 33.2 Å². The highest BCUT2D eigenvalue weighted by Gasteiger charge is 2.14. The summed E-state index contributed by atoms with van der Waals surface area (Å²) in [7, 11) is 3.20. The third-order valence-electron chi connectivity index (χ3n) is 4.48. The lowest BCUT2D eigenvalue weighted by Crippen LogP contribution is -2.20. The van der Waals surface area contributed by atoms with Gasteiger partial charge in [0.2, 0.25) is 0 Å². The number of ether oxygens (including phenoxy) is 2. The first kappa shape index (κ1) is 18.5. The van der Waals surface area contributed by atoms with E-state index in [0.29, 0.717) is 33.3 Å². The molecule has 2 aromatic heterocycles. The molecule has 0 spiro atoms. The summed E-state index contributed by atoms with van der Waals surface area (Å²) in [6, 6.07) is 13.1. The summed E-state index contributed by atoms with van der Waals surface area (Å²) in [6.07, 6.45) is 1.59. The van der Waals surface area contributed by atoms with Gasteiger partial charge >= 0.3 is 0 Å². The largest absolute Gasteiger partial charge is 0.493 e. The van der Waals surface area contributed by atoms with E-state index < -0.39 is 0 Å². The van der Waals surface area contributed by atoms with Gasteiger partial charge in [-0.05, 0) is 35.4 Å². The van der Waals surface area contributed by atoms with Crippen LogP contribution in [0.25, 0.3) is 21.3 Å². The van der Waals surface area contributed by atoms with E-state index in [1.165, 1.54) is 11.3 Å². The van der Waals surface area contributed by atoms with Crippen molar-refractivity contribution in [3.05, 3.63) is 75.1 Å². The average molecular weight is 413 g/mol. The number of methoxy groups -OCH3 is 2. The molecule has 4 aromatic rings. The van der Waals surface area contributed by atoms with Crippen molar-refractivity contribution in [3.8, 4) is 22.6 Å². The van der Waals surface area contributed by atoms with E-state index in [9.17, 15) is 4.79 Å². The SMILES string of the molecule is COc1ccc(-c2csc3c(=O)n(Cc4cccc(Cl)c4)cnc23)cc1OC. The van der Waals surface area contributed by atoms with E-state index in [2.05, 4.69) is 4.98 Å². The monoisotopic (exact) mass is 412 g/mol. The molecule has 0 saturated heterocycles. The Morgan fingerprint density at radius 3 is 2.68 bits per heavy atom. The Morgan fingerprint density at radius 1 is 1.11 bits per heavy atom. The molecule has 0 saturated carbocycles. The fraction of sp³-hybridized carbons (Fsp3) is 0.143. The lowest BCUT2D eigenvalue weighted by molar-refractivity contribution is 0.355. The standard InChI is InChI=1S/C21H17ClN2O3S/c1-26-17-7-6-14(9-18(17)27-2)16-11-28-20-19(16)23-12-24(21(20)25)10-13-4-3-5-15(22)8-13/h3-9,11-12H,10H2,1-2H3. The van der Waals surface area contributed by atoms with Crippen LogP contribution in [0.15, 0.2) is 59.0 Å². The topological polar surface area (TPSA) is 53.4 Å². The number of fused-ring (bicyclic) bond motifs is 1. The Morgan fingerprint density at radius 2 is 1.93 bits per heavy atom. The minimum absolute atomic E-state index is 0.0679. The highest BCUT2D eigenvalue weighted by Crippen LogP contribution is 2.36. The minimum Gasteiger partial charge on any atom is -0.493 e. The van der Waals surface area contributed by atoms with Crippen molar-refractivity contribution in [2.75, 3.05) is 14.2 Å². The molecule has 0 bridgehead atoms. The maximum atomic E-state index is 12.9. The van der Waals surface area contributed by atoms with E-state index in [0.717, 1.165) is 16.7 Å². The maximum Gasteiger partial charge on any atom is 0.271 e. The molecule has 28 heavy (non-hydrogen) atoms. The molecule has 2 aromatic carbocycles. The summed E-state index contributed by atoms with van der Waals surface area (Å²) in [5.41, 5.74) is 3.38. The van der Waals surface area contributed by atoms with Crippen LogP contribution in [0.5, 0.6) is 11.5 Å². The molecule has 0 radical (unpaired) electrons. The second kappa shape index (κ2) is 7.66. The van der Waals surface area contributed by atoms with Crippen LogP contribution in [-0.4, -0.2) is 23.8 Å². The highest BCUT2D eigenvalue weighted by atomic mass is 35.5. The minimum atomic E-state index is -0.0679. The van der Waals surface area contributed by atoms with Gasteiger partial charge < -0.3 is 9.47 Å². The van der Waals surface area contributed by atoms with Crippen LogP contribution in [-0.2, 0) is 6.54 Å². The van der Waals surface area contributed by atoms with E-state index in [4.69, 9.17) is 21.1 Å². The van der Waals surface area contributed by atoms with Gasteiger partial charge in [-0.25, -0.2) is 4.98 Å². The summed E-state index contributed by atoms with van der Waals surface area (Å²) in [5, 5.41) is 2.59. The normalized spacial score (nSPS) is 11.0. The van der Waals surface area contributed by atoms with Crippen molar-refractivity contribution in [1.29, 1.82) is 0 Å². The van der Waals surface area contributed by atoms with E-state index in [1.807, 2.05) is 47.8 Å². The molecular formula is C21H17ClN2O3S. The number of benzene rings is 2. The van der Waals surface area contributed by atoms with Gasteiger partial charge in [0.1, 0.15) is 4.70 Å². The average Bonchev–Trinajstić information content (AvgIpc) is 3.14. The first-order chi connectivity index (χ1) is 13.6. The molecule has 0 atom stereocenters. The Hall–Kier alpha value is -2.83. The van der Waals surface area contributed by atoms with Crippen molar-refractivity contribution in [3.63, 3.8) is 0 Å². The van der Waals surface area contributed by atoms with Gasteiger partial charge in [0.05, 0.1) is 32.6 Å². The number of nitrogens with zero attached hydrogens (tertiary/aromatic N) is 2. The van der Waals surface area contributed by atoms with Gasteiger partial charge in [0.25, 0.3) is 5.56 Å². The number of hydrogen-bond donors (Lipinski definition) is 0. The zero-order chi connectivity index (χ0) is 19.7. The summed E-state index contributed by atoms with van der Waals surface area (Å²) in [6.45, 7) is 0.423. The Bertz CT molecular complexity index is 1220. The van der Waals surface area contributed by atoms with E-state index >= 15 is 0 Å². The molecule has 0 unspecified atom stereocenters. The van der Waals surface area contributed by atoms with Crippen LogP contribution in [0.3, 0.4) is 0 Å². The fourth-order valence-corrected chi connectivity index (χ4v) is 4.28. The smallest absolute Gasteiger partial charge is 0.271 e. The summed E-state index contributed by atoms with van der Waals surface area (Å²) in [5.74, 6) is 1.29. The van der Waals surface area contributed by atoms with Gasteiger partial charge in [-0.1, -0.05) is 29.8 Å². The van der Waals surface area contributed by atoms with Gasteiger partial charge in [-0.15, -0.1) is 11.3 Å². The number of rotatable bonds is 5. The molecule has 0 N–H and O–H groups in total. The quantitative estimate of drug-likeness (QED) is 0.470. The molecule has 0 amide bonds. The first-order valence-electron chi connectivity index (χ1n) is 8.54. The molecule has 0 aliphatic rings. The van der Waals surface area contributed by atoms with Gasteiger partial charge in [-0.3, -0.25) is 9.36 Å². The Labute approximate surface area is 170 Å². The second-order valence-electron chi connectivity index (χ2n) is 6.20. The molecule has 5 nitrogen and oxygen atoms in total. The molecule has 4 rings (SSSR count). The van der Waals surface area contributed by atoms with Crippen LogP contribution >= 0.6 is 22.9 Å². The first-order valence-corrected chi connectivity index (χ1v) is 9.80. The molecule has 0 fully saturated rings. The van der Waals surface area contributed by atoms with Crippen molar-refractivity contribution in [1.82, 2.24) is 9.55 Å². The number of hydrogen-bond acceptors (Lipinski definition) is 5. The summed E-state index contributed by atoms with van der Waals surface area (Å²) in [4.78, 5) is 17.5. The highest BCUT2D eigenvalue weighted by molar-refractivity contribution is 7.17. The summed E-state index contributed by atoms with van der Waals surface area (Å²) >= 11 is 7.44. The molecule has 2 heterocycles. The van der Waals surface area contributed by atoms with E-state index in [1.54, 1.807) is 25.1 Å². The number of thiophene rings is 1. The number of halogens is 1. The van der Waals surface area contributed by atoms with Crippen molar-refractivity contribution in [2.24, 2.45) is 0 Å². The van der Waals surface area contributed by atoms with Crippen LogP contribution in [0, 0.1) is 0 Å². The Kier molecular flexibility index (Phi) is 5.07. The zero-order valence-electron chi connectivity index (χ0n) is 15.3. The maximum absolute atomic E-state index is 12.9. The predicted molar refractivity (Wildman–Crippen MR) is 113 cm³/mol. The number of aromatic nitrogens is 2. The van der Waals surface area contributed by atoms with Crippen LogP contribution < -0.4 is 15.0 Å². The van der Waals surface area contributed by atoms with Crippen LogP contribution in [0.2, 0.25) is 5.02 Å². The third-order valence-corrected chi connectivity index (χ3v) is 5.67. The van der Waals surface area contributed by atoms with Crippen LogP contribution in [0.1, 0.15) is 5.56 Å². The molecule has 0 aliphatic carbocycles. The third kappa shape index (κ3) is 3.37. The van der Waals surface area contributed by atoms with E-state index in [-0.39, 0.29) is 5.56 Å². The lowest BCUT2D eigenvalue weighted by Gasteiger charge is -2.09. The van der Waals surface area contributed by atoms with Crippen LogP contribution in [0.4, 0.5) is 0 Å². The predicted octanol–water partition coefficient (Wildman–Crippen LogP) is 4.84. The molecule has 142 valence electrons. The molecule has 0 aliphatic heterocycles. The molecule has 7 heteroatoms.